The monoisotopic (exact) mass is 244 g/mol. The minimum atomic E-state index is -0.0551. The van der Waals surface area contributed by atoms with Crippen molar-refractivity contribution in [3.63, 3.8) is 0 Å². The van der Waals surface area contributed by atoms with E-state index in [0.29, 0.717) is 19.5 Å². The first-order valence-corrected chi connectivity index (χ1v) is 5.98. The van der Waals surface area contributed by atoms with Crippen molar-refractivity contribution < 1.29 is 4.79 Å². The third-order valence-corrected chi connectivity index (χ3v) is 3.05. The molecule has 0 spiro atoms. The van der Waals surface area contributed by atoms with Crippen molar-refractivity contribution in [2.45, 2.75) is 12.8 Å². The van der Waals surface area contributed by atoms with Gasteiger partial charge in [0, 0.05) is 30.0 Å². The van der Waals surface area contributed by atoms with Crippen LogP contribution in [-0.2, 0) is 11.2 Å². The molecule has 0 aliphatic carbocycles. The Labute approximate surface area is 106 Å². The Morgan fingerprint density at radius 1 is 1.56 bits per heavy atom. The number of rotatable bonds is 4. The Balaban J connectivity index is 1.96. The fraction of sp³-hybridized carbons (Fsp3) is 0.385. The Kier molecular flexibility index (Phi) is 3.68. The molecule has 0 aromatic heterocycles. The number of carbonyl (C=O) groups excluding carboxylic acids is 1. The molecule has 0 saturated heterocycles. The Morgan fingerprint density at radius 3 is 3.17 bits per heavy atom. The smallest absolute Gasteiger partial charge is 0.239 e. The van der Waals surface area contributed by atoms with Crippen molar-refractivity contribution in [3.8, 4) is 6.07 Å². The summed E-state index contributed by atoms with van der Waals surface area (Å²) in [5.41, 5.74) is 8.87. The first kappa shape index (κ1) is 12.2. The predicted octanol–water partition coefficient (Wildman–Crippen LogP) is 0.661. The number of carbonyl (C=O) groups is 1. The first-order valence-electron chi connectivity index (χ1n) is 5.98. The highest BCUT2D eigenvalue weighted by molar-refractivity contribution is 5.83. The highest BCUT2D eigenvalue weighted by atomic mass is 16.2. The minimum absolute atomic E-state index is 0.0551. The fourth-order valence-corrected chi connectivity index (χ4v) is 2.18. The first-order chi connectivity index (χ1) is 8.72. The number of anilines is 2. The number of amides is 1. The lowest BCUT2D eigenvalue weighted by molar-refractivity contribution is -0.119. The molecule has 0 saturated carbocycles. The zero-order chi connectivity index (χ0) is 13.0. The molecule has 0 atom stereocenters. The molecule has 5 nitrogen and oxygen atoms in total. The van der Waals surface area contributed by atoms with E-state index < -0.39 is 0 Å². The average molecular weight is 244 g/mol. The van der Waals surface area contributed by atoms with Gasteiger partial charge >= 0.3 is 0 Å². The molecule has 0 bridgehead atoms. The Morgan fingerprint density at radius 2 is 2.39 bits per heavy atom. The molecular weight excluding hydrogens is 228 g/mol. The van der Waals surface area contributed by atoms with Crippen LogP contribution < -0.4 is 16.0 Å². The molecule has 1 aromatic rings. The highest BCUT2D eigenvalue weighted by Gasteiger charge is 2.22. The van der Waals surface area contributed by atoms with Crippen LogP contribution in [0.15, 0.2) is 18.2 Å². The van der Waals surface area contributed by atoms with Gasteiger partial charge in [0.05, 0.1) is 19.0 Å². The van der Waals surface area contributed by atoms with E-state index in [0.717, 1.165) is 29.9 Å². The molecule has 5 heteroatoms. The maximum atomic E-state index is 11.7. The molecular formula is C13H16N4O. The topological polar surface area (TPSA) is 82.2 Å². The zero-order valence-corrected chi connectivity index (χ0v) is 10.1. The lowest BCUT2D eigenvalue weighted by Crippen LogP contribution is -2.36. The van der Waals surface area contributed by atoms with Gasteiger partial charge in [-0.25, -0.2) is 0 Å². The van der Waals surface area contributed by atoms with Crippen LogP contribution in [-0.4, -0.2) is 25.5 Å². The second-order valence-corrected chi connectivity index (χ2v) is 4.27. The summed E-state index contributed by atoms with van der Waals surface area (Å²) < 4.78 is 0. The van der Waals surface area contributed by atoms with E-state index >= 15 is 0 Å². The normalized spacial score (nSPS) is 12.9. The van der Waals surface area contributed by atoms with E-state index in [9.17, 15) is 4.79 Å². The molecule has 3 N–H and O–H groups in total. The van der Waals surface area contributed by atoms with Crippen LogP contribution in [0.2, 0.25) is 0 Å². The molecule has 1 aliphatic heterocycles. The number of fused-ring (bicyclic) bond motifs is 1. The summed E-state index contributed by atoms with van der Waals surface area (Å²) in [6.45, 7) is 1.55. The van der Waals surface area contributed by atoms with Crippen LogP contribution in [0.25, 0.3) is 0 Å². The summed E-state index contributed by atoms with van der Waals surface area (Å²) in [4.78, 5) is 13.7. The molecule has 94 valence electrons. The van der Waals surface area contributed by atoms with Crippen LogP contribution in [0.5, 0.6) is 0 Å². The maximum absolute atomic E-state index is 11.7. The van der Waals surface area contributed by atoms with Gasteiger partial charge in [0.2, 0.25) is 5.91 Å². The average Bonchev–Trinajstić information content (AvgIpc) is 2.74. The van der Waals surface area contributed by atoms with Crippen LogP contribution in [0.1, 0.15) is 12.0 Å². The van der Waals surface area contributed by atoms with E-state index in [1.54, 1.807) is 0 Å². The standard InChI is InChI=1S/C13H16N4O/c14-6-2-7-16-13(18)9-17-8-5-10-11(15)3-1-4-12(10)17/h1,3-4H,2,5,7-9,15H2,(H,16,18). The number of nitrogens with two attached hydrogens (primary N) is 1. The van der Waals surface area contributed by atoms with Gasteiger partial charge in [-0.2, -0.15) is 5.26 Å². The number of nitrogens with zero attached hydrogens (tertiary/aromatic N) is 2. The van der Waals surface area contributed by atoms with Gasteiger partial charge < -0.3 is 16.0 Å². The fourth-order valence-electron chi connectivity index (χ4n) is 2.18. The molecule has 0 unspecified atom stereocenters. The minimum Gasteiger partial charge on any atom is -0.398 e. The van der Waals surface area contributed by atoms with Crippen molar-refractivity contribution >= 4 is 17.3 Å². The summed E-state index contributed by atoms with van der Waals surface area (Å²) in [6.07, 6.45) is 1.22. The SMILES string of the molecule is N#CCCNC(=O)CN1CCc2c(N)cccc21. The van der Waals surface area contributed by atoms with Gasteiger partial charge in [0.15, 0.2) is 0 Å². The Bertz CT molecular complexity index is 492. The van der Waals surface area contributed by atoms with Gasteiger partial charge in [0.1, 0.15) is 0 Å². The molecule has 0 fully saturated rings. The van der Waals surface area contributed by atoms with Crippen molar-refractivity contribution in [1.82, 2.24) is 5.32 Å². The largest absolute Gasteiger partial charge is 0.398 e. The second kappa shape index (κ2) is 5.41. The van der Waals surface area contributed by atoms with E-state index in [4.69, 9.17) is 11.0 Å². The van der Waals surface area contributed by atoms with Gasteiger partial charge in [-0.3, -0.25) is 4.79 Å². The number of hydrogen-bond donors (Lipinski definition) is 2. The van der Waals surface area contributed by atoms with Crippen molar-refractivity contribution in [1.29, 1.82) is 5.26 Å². The Hall–Kier alpha value is -2.22. The molecule has 0 radical (unpaired) electrons. The number of nitrogen functional groups attached to an aromatic ring is 1. The summed E-state index contributed by atoms with van der Waals surface area (Å²) >= 11 is 0. The van der Waals surface area contributed by atoms with Crippen LogP contribution in [0, 0.1) is 11.3 Å². The van der Waals surface area contributed by atoms with E-state index in [-0.39, 0.29) is 5.91 Å². The highest BCUT2D eigenvalue weighted by Crippen LogP contribution is 2.31. The number of hydrogen-bond acceptors (Lipinski definition) is 4. The maximum Gasteiger partial charge on any atom is 0.239 e. The third kappa shape index (κ3) is 2.54. The van der Waals surface area contributed by atoms with Gasteiger partial charge in [-0.1, -0.05) is 6.07 Å². The quantitative estimate of drug-likeness (QED) is 0.602. The lowest BCUT2D eigenvalue weighted by Gasteiger charge is -2.18. The summed E-state index contributed by atoms with van der Waals surface area (Å²) in [6, 6.07) is 7.77. The van der Waals surface area contributed by atoms with Crippen LogP contribution >= 0.6 is 0 Å². The molecule has 1 aliphatic rings. The van der Waals surface area contributed by atoms with Gasteiger partial charge in [-0.05, 0) is 18.6 Å². The van der Waals surface area contributed by atoms with Crippen LogP contribution in [0.4, 0.5) is 11.4 Å². The van der Waals surface area contributed by atoms with E-state index in [2.05, 4.69) is 5.32 Å². The van der Waals surface area contributed by atoms with Crippen LogP contribution in [0.3, 0.4) is 0 Å². The van der Waals surface area contributed by atoms with Gasteiger partial charge in [-0.15, -0.1) is 0 Å². The summed E-state index contributed by atoms with van der Waals surface area (Å²) in [5.74, 6) is -0.0551. The summed E-state index contributed by atoms with van der Waals surface area (Å²) in [5, 5.41) is 11.1. The van der Waals surface area contributed by atoms with E-state index in [1.807, 2.05) is 29.2 Å². The van der Waals surface area contributed by atoms with Crippen molar-refractivity contribution in [3.05, 3.63) is 23.8 Å². The molecule has 18 heavy (non-hydrogen) atoms. The molecule has 1 heterocycles. The number of benzene rings is 1. The number of nitriles is 1. The zero-order valence-electron chi connectivity index (χ0n) is 10.1. The lowest BCUT2D eigenvalue weighted by atomic mass is 10.1. The number of nitrogens with one attached hydrogen (secondary N) is 1. The molecule has 2 rings (SSSR count). The van der Waals surface area contributed by atoms with Gasteiger partial charge in [0.25, 0.3) is 0 Å². The summed E-state index contributed by atoms with van der Waals surface area (Å²) in [7, 11) is 0. The molecule has 1 aromatic carbocycles. The molecule has 1 amide bonds. The third-order valence-electron chi connectivity index (χ3n) is 3.05. The van der Waals surface area contributed by atoms with Crippen molar-refractivity contribution in [2.75, 3.05) is 30.3 Å². The second-order valence-electron chi connectivity index (χ2n) is 4.27. The van der Waals surface area contributed by atoms with E-state index in [1.165, 1.54) is 0 Å². The van der Waals surface area contributed by atoms with Crippen molar-refractivity contribution in [2.24, 2.45) is 0 Å². The predicted molar refractivity (Wildman–Crippen MR) is 70.0 cm³/mol.